The van der Waals surface area contributed by atoms with Crippen molar-refractivity contribution in [3.63, 3.8) is 0 Å². The Morgan fingerprint density at radius 3 is 2.79 bits per heavy atom. The van der Waals surface area contributed by atoms with E-state index in [1.165, 1.54) is 12.0 Å². The molecule has 8 nitrogen and oxygen atoms in total. The summed E-state index contributed by atoms with van der Waals surface area (Å²) in [5.41, 5.74) is 0.725. The van der Waals surface area contributed by atoms with E-state index in [0.717, 1.165) is 0 Å². The molecule has 2 heterocycles. The normalized spacial score (nSPS) is 10.8. The zero-order valence-corrected chi connectivity index (χ0v) is 15.9. The minimum absolute atomic E-state index is 0.135. The van der Waals surface area contributed by atoms with Gasteiger partial charge in [0.15, 0.2) is 0 Å². The Kier molecular flexibility index (Phi) is 5.58. The van der Waals surface area contributed by atoms with Crippen LogP contribution in [0.5, 0.6) is 0 Å². The highest BCUT2D eigenvalue weighted by molar-refractivity contribution is 5.90. The number of aryl methyl sites for hydroxylation is 2. The summed E-state index contributed by atoms with van der Waals surface area (Å²) < 4.78 is 10.2. The highest BCUT2D eigenvalue weighted by atomic mass is 16.5. The predicted octanol–water partition coefficient (Wildman–Crippen LogP) is 2.20. The van der Waals surface area contributed by atoms with Gasteiger partial charge in [0.05, 0.1) is 24.6 Å². The number of amides is 1. The molecule has 3 aromatic rings. The average molecular weight is 383 g/mol. The third kappa shape index (κ3) is 4.11. The smallest absolute Gasteiger partial charge is 0.341 e. The standard InChI is InChI=1S/C20H21N3O5/c1-12-15(20(26)27-3)10-13(28-12)11-23(2)18(24)9-8-17-21-16-7-5-4-6-14(16)19(25)22-17/h4-7,10H,8-9,11H2,1-3H3,(H,21,22,25). The fourth-order valence-corrected chi connectivity index (χ4v) is 2.93. The lowest BCUT2D eigenvalue weighted by atomic mass is 10.2. The van der Waals surface area contributed by atoms with Crippen LogP contribution in [0, 0.1) is 6.92 Å². The second-order valence-corrected chi connectivity index (χ2v) is 6.45. The molecule has 0 unspecified atom stereocenters. The lowest BCUT2D eigenvalue weighted by Gasteiger charge is -2.15. The average Bonchev–Trinajstić information content (AvgIpc) is 3.05. The van der Waals surface area contributed by atoms with Gasteiger partial charge in [0.2, 0.25) is 5.91 Å². The Labute approximate surface area is 161 Å². The molecule has 3 rings (SSSR count). The van der Waals surface area contributed by atoms with Crippen molar-refractivity contribution in [1.82, 2.24) is 14.9 Å². The van der Waals surface area contributed by atoms with E-state index >= 15 is 0 Å². The van der Waals surface area contributed by atoms with Crippen LogP contribution >= 0.6 is 0 Å². The van der Waals surface area contributed by atoms with Crippen LogP contribution < -0.4 is 5.56 Å². The van der Waals surface area contributed by atoms with E-state index < -0.39 is 5.97 Å². The van der Waals surface area contributed by atoms with Gasteiger partial charge in [-0.25, -0.2) is 9.78 Å². The first-order chi connectivity index (χ1) is 13.4. The number of hydrogen-bond donors (Lipinski definition) is 1. The van der Waals surface area contributed by atoms with Gasteiger partial charge in [0.25, 0.3) is 5.56 Å². The quantitative estimate of drug-likeness (QED) is 0.654. The number of rotatable bonds is 6. The summed E-state index contributed by atoms with van der Waals surface area (Å²) in [7, 11) is 2.95. The molecule has 0 aliphatic heterocycles. The van der Waals surface area contributed by atoms with Crippen molar-refractivity contribution >= 4 is 22.8 Å². The molecule has 0 radical (unpaired) electrons. The van der Waals surface area contributed by atoms with Crippen molar-refractivity contribution in [2.75, 3.05) is 14.2 Å². The van der Waals surface area contributed by atoms with E-state index in [1.807, 2.05) is 6.07 Å². The molecule has 8 heteroatoms. The molecule has 0 bridgehead atoms. The van der Waals surface area contributed by atoms with Crippen molar-refractivity contribution in [2.45, 2.75) is 26.3 Å². The maximum Gasteiger partial charge on any atom is 0.341 e. The molecular formula is C20H21N3O5. The zero-order chi connectivity index (χ0) is 20.3. The first-order valence-electron chi connectivity index (χ1n) is 8.78. The lowest BCUT2D eigenvalue weighted by Crippen LogP contribution is -2.26. The van der Waals surface area contributed by atoms with E-state index in [1.54, 1.807) is 38.2 Å². The number of carbonyl (C=O) groups is 2. The number of aromatic nitrogens is 2. The number of methoxy groups -OCH3 is 1. The maximum absolute atomic E-state index is 12.4. The van der Waals surface area contributed by atoms with Crippen LogP contribution in [0.3, 0.4) is 0 Å². The lowest BCUT2D eigenvalue weighted by molar-refractivity contribution is -0.130. The molecular weight excluding hydrogens is 362 g/mol. The maximum atomic E-state index is 12.4. The predicted molar refractivity (Wildman–Crippen MR) is 102 cm³/mol. The summed E-state index contributed by atoms with van der Waals surface area (Å²) in [6.07, 6.45) is 0.495. The molecule has 0 saturated carbocycles. The van der Waals surface area contributed by atoms with Crippen molar-refractivity contribution in [3.8, 4) is 0 Å². The van der Waals surface area contributed by atoms with Gasteiger partial charge >= 0.3 is 5.97 Å². The van der Waals surface area contributed by atoms with Crippen LogP contribution in [-0.2, 0) is 22.5 Å². The molecule has 146 valence electrons. The minimum Gasteiger partial charge on any atom is -0.465 e. The molecule has 28 heavy (non-hydrogen) atoms. The van der Waals surface area contributed by atoms with E-state index in [2.05, 4.69) is 9.97 Å². The molecule has 0 saturated heterocycles. The van der Waals surface area contributed by atoms with Gasteiger partial charge in [0.1, 0.15) is 22.9 Å². The number of nitrogens with one attached hydrogen (secondary N) is 1. The van der Waals surface area contributed by atoms with Crippen LogP contribution in [0.4, 0.5) is 0 Å². The molecule has 1 aromatic carbocycles. The number of para-hydroxylation sites is 1. The van der Waals surface area contributed by atoms with Crippen molar-refractivity contribution in [2.24, 2.45) is 0 Å². The molecule has 0 aliphatic carbocycles. The summed E-state index contributed by atoms with van der Waals surface area (Å²) in [4.78, 5) is 44.8. The molecule has 0 atom stereocenters. The monoisotopic (exact) mass is 383 g/mol. The summed E-state index contributed by atoms with van der Waals surface area (Å²) in [6, 6.07) is 8.63. The summed E-state index contributed by atoms with van der Waals surface area (Å²) in [5, 5.41) is 0.518. The number of esters is 1. The van der Waals surface area contributed by atoms with Crippen LogP contribution in [-0.4, -0.2) is 40.9 Å². The largest absolute Gasteiger partial charge is 0.465 e. The summed E-state index contributed by atoms with van der Waals surface area (Å²) in [6.45, 7) is 1.89. The van der Waals surface area contributed by atoms with Crippen LogP contribution in [0.25, 0.3) is 10.9 Å². The topological polar surface area (TPSA) is 105 Å². The van der Waals surface area contributed by atoms with E-state index in [-0.39, 0.29) is 24.4 Å². The van der Waals surface area contributed by atoms with Crippen molar-refractivity contribution in [1.29, 1.82) is 0 Å². The van der Waals surface area contributed by atoms with Gasteiger partial charge < -0.3 is 19.0 Å². The van der Waals surface area contributed by atoms with Gasteiger partial charge in [-0.3, -0.25) is 9.59 Å². The Bertz CT molecular complexity index is 1080. The highest BCUT2D eigenvalue weighted by Crippen LogP contribution is 2.17. The number of ether oxygens (including phenoxy) is 1. The third-order valence-corrected chi connectivity index (χ3v) is 4.43. The second kappa shape index (κ2) is 8.08. The van der Waals surface area contributed by atoms with Gasteiger partial charge in [-0.15, -0.1) is 0 Å². The van der Waals surface area contributed by atoms with Crippen molar-refractivity contribution in [3.05, 3.63) is 63.6 Å². The third-order valence-electron chi connectivity index (χ3n) is 4.43. The van der Waals surface area contributed by atoms with Crippen LogP contribution in [0.2, 0.25) is 0 Å². The number of H-pyrrole nitrogens is 1. The van der Waals surface area contributed by atoms with Crippen LogP contribution in [0.15, 0.2) is 39.5 Å². The highest BCUT2D eigenvalue weighted by Gasteiger charge is 2.18. The second-order valence-electron chi connectivity index (χ2n) is 6.45. The first kappa shape index (κ1) is 19.3. The van der Waals surface area contributed by atoms with E-state index in [0.29, 0.717) is 40.2 Å². The first-order valence-corrected chi connectivity index (χ1v) is 8.78. The van der Waals surface area contributed by atoms with Gasteiger partial charge in [-0.05, 0) is 25.1 Å². The fraction of sp³-hybridized carbons (Fsp3) is 0.300. The minimum atomic E-state index is -0.479. The Morgan fingerprint density at radius 2 is 2.04 bits per heavy atom. The number of benzene rings is 1. The fourth-order valence-electron chi connectivity index (χ4n) is 2.93. The van der Waals surface area contributed by atoms with Crippen molar-refractivity contribution < 1.29 is 18.7 Å². The molecule has 0 aliphatic rings. The summed E-state index contributed by atoms with van der Waals surface area (Å²) >= 11 is 0. The Balaban J connectivity index is 1.63. The SMILES string of the molecule is COC(=O)c1cc(CN(C)C(=O)CCc2nc3ccccc3c(=O)[nH]2)oc1C. The zero-order valence-electron chi connectivity index (χ0n) is 15.9. The molecule has 2 aromatic heterocycles. The van der Waals surface area contributed by atoms with E-state index in [9.17, 15) is 14.4 Å². The van der Waals surface area contributed by atoms with E-state index in [4.69, 9.17) is 9.15 Å². The number of nitrogens with zero attached hydrogens (tertiary/aromatic N) is 2. The van der Waals surface area contributed by atoms with Gasteiger partial charge in [-0.2, -0.15) is 0 Å². The molecule has 0 spiro atoms. The number of fused-ring (bicyclic) bond motifs is 1. The Morgan fingerprint density at radius 1 is 1.29 bits per heavy atom. The number of carbonyl (C=O) groups excluding carboxylic acids is 2. The molecule has 1 amide bonds. The number of hydrogen-bond acceptors (Lipinski definition) is 6. The molecule has 0 fully saturated rings. The summed E-state index contributed by atoms with van der Waals surface area (Å²) in [5.74, 6) is 0.788. The Hall–Kier alpha value is -3.42. The van der Waals surface area contributed by atoms with Gasteiger partial charge in [0, 0.05) is 19.9 Å². The molecule has 1 N–H and O–H groups in total. The van der Waals surface area contributed by atoms with Crippen LogP contribution in [0.1, 0.15) is 34.1 Å². The van der Waals surface area contributed by atoms with Gasteiger partial charge in [-0.1, -0.05) is 12.1 Å². The number of aromatic amines is 1. The number of furan rings is 1.